The minimum absolute atomic E-state index is 0.0736. The second kappa shape index (κ2) is 7.23. The molecule has 0 radical (unpaired) electrons. The van der Waals surface area contributed by atoms with Crippen LogP contribution in [0.4, 0.5) is 0 Å². The molecule has 122 valence electrons. The largest absolute Gasteiger partial charge is 0.353 e. The first-order valence-electron chi connectivity index (χ1n) is 8.13. The van der Waals surface area contributed by atoms with Gasteiger partial charge in [-0.3, -0.25) is 4.79 Å². The summed E-state index contributed by atoms with van der Waals surface area (Å²) in [6.45, 7) is 6.20. The predicted molar refractivity (Wildman–Crippen MR) is 94.6 cm³/mol. The number of nitrogens with zero attached hydrogens (tertiary/aromatic N) is 1. The quantitative estimate of drug-likeness (QED) is 0.907. The van der Waals surface area contributed by atoms with Crippen molar-refractivity contribution in [2.75, 3.05) is 13.1 Å². The van der Waals surface area contributed by atoms with Crippen molar-refractivity contribution >= 4 is 17.2 Å². The van der Waals surface area contributed by atoms with Gasteiger partial charge in [-0.1, -0.05) is 36.8 Å². The molecule has 0 bridgehead atoms. The lowest BCUT2D eigenvalue weighted by atomic mass is 9.95. The number of benzene rings is 1. The van der Waals surface area contributed by atoms with E-state index in [1.165, 1.54) is 5.56 Å². The summed E-state index contributed by atoms with van der Waals surface area (Å²) in [6.07, 6.45) is 1.36. The molecule has 23 heavy (non-hydrogen) atoms. The summed E-state index contributed by atoms with van der Waals surface area (Å²) in [4.78, 5) is 16.9. The van der Waals surface area contributed by atoms with Crippen molar-refractivity contribution in [1.82, 2.24) is 15.6 Å². The highest BCUT2D eigenvalue weighted by molar-refractivity contribution is 7.13. The first kappa shape index (κ1) is 16.1. The number of amides is 1. The van der Waals surface area contributed by atoms with Crippen molar-refractivity contribution in [2.45, 2.75) is 32.7 Å². The van der Waals surface area contributed by atoms with Crippen LogP contribution in [0.25, 0.3) is 10.6 Å². The highest BCUT2D eigenvalue weighted by atomic mass is 32.1. The zero-order chi connectivity index (χ0) is 16.2. The average Bonchev–Trinajstić information content (AvgIpc) is 2.98. The summed E-state index contributed by atoms with van der Waals surface area (Å²) in [5, 5.41) is 9.47. The summed E-state index contributed by atoms with van der Waals surface area (Å²) in [5.41, 5.74) is 3.20. The third kappa shape index (κ3) is 4.18. The van der Waals surface area contributed by atoms with Crippen molar-refractivity contribution in [1.29, 1.82) is 0 Å². The van der Waals surface area contributed by atoms with Crippen LogP contribution in [0.15, 0.2) is 29.6 Å². The normalized spacial score (nSPS) is 21.1. The first-order valence-corrected chi connectivity index (χ1v) is 9.01. The van der Waals surface area contributed by atoms with E-state index in [2.05, 4.69) is 53.7 Å². The van der Waals surface area contributed by atoms with Crippen molar-refractivity contribution in [3.05, 3.63) is 40.9 Å². The molecule has 4 nitrogen and oxygen atoms in total. The number of hydrogen-bond donors (Lipinski definition) is 2. The lowest BCUT2D eigenvalue weighted by Crippen LogP contribution is -2.48. The van der Waals surface area contributed by atoms with Gasteiger partial charge in [0, 0.05) is 17.0 Å². The fraction of sp³-hybridized carbons (Fsp3) is 0.444. The molecule has 1 fully saturated rings. The smallest absolute Gasteiger partial charge is 0.226 e. The molecule has 2 N–H and O–H groups in total. The second-order valence-corrected chi connectivity index (χ2v) is 7.19. The fourth-order valence-corrected chi connectivity index (χ4v) is 3.69. The number of carbonyl (C=O) groups excluding carboxylic acids is 1. The highest BCUT2D eigenvalue weighted by Gasteiger charge is 2.22. The molecule has 1 aromatic carbocycles. The number of thiazole rings is 1. The van der Waals surface area contributed by atoms with Crippen LogP contribution in [0, 0.1) is 12.8 Å². The van der Waals surface area contributed by atoms with E-state index >= 15 is 0 Å². The van der Waals surface area contributed by atoms with Crippen molar-refractivity contribution in [3.63, 3.8) is 0 Å². The first-order chi connectivity index (χ1) is 11.1. The molecule has 2 heterocycles. The Morgan fingerprint density at radius 3 is 2.91 bits per heavy atom. The Labute approximate surface area is 141 Å². The minimum Gasteiger partial charge on any atom is -0.353 e. The molecule has 0 saturated carbocycles. The lowest BCUT2D eigenvalue weighted by molar-refractivity contribution is -0.121. The minimum atomic E-state index is 0.0736. The molecule has 0 aliphatic carbocycles. The van der Waals surface area contributed by atoms with E-state index in [4.69, 9.17) is 0 Å². The van der Waals surface area contributed by atoms with E-state index in [0.717, 1.165) is 35.8 Å². The molecule has 1 amide bonds. The van der Waals surface area contributed by atoms with Gasteiger partial charge < -0.3 is 10.6 Å². The van der Waals surface area contributed by atoms with E-state index < -0.39 is 0 Å². The zero-order valence-corrected chi connectivity index (χ0v) is 14.5. The van der Waals surface area contributed by atoms with Gasteiger partial charge in [0.25, 0.3) is 0 Å². The molecule has 1 aliphatic rings. The van der Waals surface area contributed by atoms with Crippen LogP contribution >= 0.6 is 11.3 Å². The predicted octanol–water partition coefficient (Wildman–Crippen LogP) is 2.78. The maximum atomic E-state index is 12.2. The van der Waals surface area contributed by atoms with Gasteiger partial charge in [-0.15, -0.1) is 11.3 Å². The Balaban J connectivity index is 1.60. The maximum absolute atomic E-state index is 12.2. The third-order valence-electron chi connectivity index (χ3n) is 4.32. The molecule has 1 aromatic heterocycles. The van der Waals surface area contributed by atoms with Gasteiger partial charge in [-0.25, -0.2) is 4.98 Å². The number of hydrogen-bond acceptors (Lipinski definition) is 4. The van der Waals surface area contributed by atoms with Crippen LogP contribution in [-0.2, 0) is 11.2 Å². The SMILES string of the molecule is Cc1ccc(-c2nc(CC(=O)NC3CCNCC3C)cs2)cc1. The van der Waals surface area contributed by atoms with Gasteiger partial charge in [0.1, 0.15) is 5.01 Å². The number of rotatable bonds is 4. The van der Waals surface area contributed by atoms with Crippen LogP contribution in [0.1, 0.15) is 24.6 Å². The number of nitrogens with one attached hydrogen (secondary N) is 2. The summed E-state index contributed by atoms with van der Waals surface area (Å²) in [5.74, 6) is 0.552. The topological polar surface area (TPSA) is 54.0 Å². The van der Waals surface area contributed by atoms with Gasteiger partial charge in [0.05, 0.1) is 12.1 Å². The molecule has 2 unspecified atom stereocenters. The molecule has 2 atom stereocenters. The van der Waals surface area contributed by atoms with Crippen LogP contribution in [0.3, 0.4) is 0 Å². The van der Waals surface area contributed by atoms with Crippen molar-refractivity contribution < 1.29 is 4.79 Å². The number of aryl methyl sites for hydroxylation is 1. The molecule has 0 spiro atoms. The van der Waals surface area contributed by atoms with Gasteiger partial charge in [-0.2, -0.15) is 0 Å². The maximum Gasteiger partial charge on any atom is 0.226 e. The molecule has 1 aliphatic heterocycles. The fourth-order valence-electron chi connectivity index (χ4n) is 2.87. The molecule has 5 heteroatoms. The summed E-state index contributed by atoms with van der Waals surface area (Å²) < 4.78 is 0. The van der Waals surface area contributed by atoms with Crippen LogP contribution in [0.5, 0.6) is 0 Å². The van der Waals surface area contributed by atoms with Crippen LogP contribution in [-0.4, -0.2) is 30.0 Å². The van der Waals surface area contributed by atoms with Crippen molar-refractivity contribution in [3.8, 4) is 10.6 Å². The lowest BCUT2D eigenvalue weighted by Gasteiger charge is -2.30. The Morgan fingerprint density at radius 2 is 2.17 bits per heavy atom. The van der Waals surface area contributed by atoms with Gasteiger partial charge in [-0.05, 0) is 32.4 Å². The second-order valence-electron chi connectivity index (χ2n) is 6.33. The van der Waals surface area contributed by atoms with E-state index in [-0.39, 0.29) is 11.9 Å². The van der Waals surface area contributed by atoms with E-state index in [1.807, 2.05) is 5.38 Å². The van der Waals surface area contributed by atoms with Crippen LogP contribution in [0.2, 0.25) is 0 Å². The van der Waals surface area contributed by atoms with E-state index in [1.54, 1.807) is 11.3 Å². The van der Waals surface area contributed by atoms with Gasteiger partial charge in [0.15, 0.2) is 0 Å². The van der Waals surface area contributed by atoms with Gasteiger partial charge >= 0.3 is 0 Å². The molecular weight excluding hydrogens is 306 g/mol. The van der Waals surface area contributed by atoms with Crippen LogP contribution < -0.4 is 10.6 Å². The molecule has 1 saturated heterocycles. The number of carbonyl (C=O) groups is 1. The summed E-state index contributed by atoms with van der Waals surface area (Å²) >= 11 is 1.60. The third-order valence-corrected chi connectivity index (χ3v) is 5.26. The number of piperidine rings is 1. The Hall–Kier alpha value is -1.72. The van der Waals surface area contributed by atoms with E-state index in [0.29, 0.717) is 12.3 Å². The molecular formula is C18H23N3OS. The Morgan fingerprint density at radius 1 is 1.39 bits per heavy atom. The number of aromatic nitrogens is 1. The van der Waals surface area contributed by atoms with Gasteiger partial charge in [0.2, 0.25) is 5.91 Å². The van der Waals surface area contributed by atoms with E-state index in [9.17, 15) is 4.79 Å². The molecule has 2 aromatic rings. The standard InChI is InChI=1S/C18H23N3OS/c1-12-3-5-14(6-4-12)18-20-15(11-23-18)9-17(22)21-16-7-8-19-10-13(16)2/h3-6,11,13,16,19H,7-10H2,1-2H3,(H,21,22). The monoisotopic (exact) mass is 329 g/mol. The summed E-state index contributed by atoms with van der Waals surface area (Å²) in [7, 11) is 0. The Bertz CT molecular complexity index is 665. The average molecular weight is 329 g/mol. The molecule has 3 rings (SSSR count). The summed E-state index contributed by atoms with van der Waals surface area (Å²) in [6, 6.07) is 8.60. The zero-order valence-electron chi connectivity index (χ0n) is 13.6. The van der Waals surface area contributed by atoms with Crippen molar-refractivity contribution in [2.24, 2.45) is 5.92 Å². The Kier molecular flexibility index (Phi) is 5.08. The highest BCUT2D eigenvalue weighted by Crippen LogP contribution is 2.24.